The average molecular weight is 307 g/mol. The molecule has 0 aromatic carbocycles. The Morgan fingerprint density at radius 3 is 2.38 bits per heavy atom. The molecule has 0 atom stereocenters. The van der Waals surface area contributed by atoms with Crippen LogP contribution in [0.3, 0.4) is 0 Å². The number of anilines is 1. The Kier molecular flexibility index (Phi) is 5.55. The second-order valence-electron chi connectivity index (χ2n) is 6.00. The summed E-state index contributed by atoms with van der Waals surface area (Å²) in [5, 5.41) is 3.14. The van der Waals surface area contributed by atoms with Gasteiger partial charge in [0.2, 0.25) is 0 Å². The number of halogens is 4. The van der Waals surface area contributed by atoms with Crippen LogP contribution in [-0.4, -0.2) is 30.3 Å². The molecule has 7 heteroatoms. The van der Waals surface area contributed by atoms with Crippen LogP contribution in [0.5, 0.6) is 0 Å². The third kappa shape index (κ3) is 6.29. The van der Waals surface area contributed by atoms with Gasteiger partial charge in [0.1, 0.15) is 0 Å². The van der Waals surface area contributed by atoms with Crippen molar-refractivity contribution < 1.29 is 17.6 Å². The van der Waals surface area contributed by atoms with Gasteiger partial charge >= 0.3 is 6.18 Å². The Labute approximate surface area is 122 Å². The van der Waals surface area contributed by atoms with Crippen LogP contribution in [0.1, 0.15) is 32.8 Å². The molecule has 21 heavy (non-hydrogen) atoms. The van der Waals surface area contributed by atoms with Crippen molar-refractivity contribution >= 4 is 5.82 Å². The first-order valence-electron chi connectivity index (χ1n) is 6.66. The number of alkyl halides is 3. The number of pyridine rings is 1. The molecule has 0 saturated heterocycles. The van der Waals surface area contributed by atoms with Gasteiger partial charge in [0.05, 0.1) is 6.42 Å². The monoisotopic (exact) mass is 307 g/mol. The lowest BCUT2D eigenvalue weighted by molar-refractivity contribution is -0.132. The molecule has 0 spiro atoms. The number of hydrogen-bond acceptors (Lipinski definition) is 3. The highest BCUT2D eigenvalue weighted by Crippen LogP contribution is 2.23. The predicted octanol–water partition coefficient (Wildman–Crippen LogP) is 3.50. The Morgan fingerprint density at radius 2 is 1.86 bits per heavy atom. The van der Waals surface area contributed by atoms with Gasteiger partial charge in [-0.25, -0.2) is 9.37 Å². The SMILES string of the molecule is CN(CCC(F)(F)F)c1nccc(CNC(C)(C)C)c1F. The van der Waals surface area contributed by atoms with Gasteiger partial charge in [-0.2, -0.15) is 13.2 Å². The Hall–Kier alpha value is -1.37. The quantitative estimate of drug-likeness (QED) is 0.844. The van der Waals surface area contributed by atoms with E-state index >= 15 is 0 Å². The van der Waals surface area contributed by atoms with Crippen molar-refractivity contribution in [2.24, 2.45) is 0 Å². The van der Waals surface area contributed by atoms with Crippen LogP contribution in [0.2, 0.25) is 0 Å². The molecule has 0 unspecified atom stereocenters. The first-order chi connectivity index (χ1) is 9.49. The molecular weight excluding hydrogens is 286 g/mol. The fourth-order valence-electron chi connectivity index (χ4n) is 1.63. The third-order valence-electron chi connectivity index (χ3n) is 2.85. The van der Waals surface area contributed by atoms with Crippen LogP contribution in [0, 0.1) is 5.82 Å². The maximum absolute atomic E-state index is 14.3. The summed E-state index contributed by atoms with van der Waals surface area (Å²) in [5.74, 6) is -0.647. The van der Waals surface area contributed by atoms with Crippen LogP contribution in [-0.2, 0) is 6.54 Å². The Morgan fingerprint density at radius 1 is 1.24 bits per heavy atom. The second-order valence-corrected chi connectivity index (χ2v) is 6.00. The van der Waals surface area contributed by atoms with Gasteiger partial charge < -0.3 is 10.2 Å². The summed E-state index contributed by atoms with van der Waals surface area (Å²) >= 11 is 0. The maximum Gasteiger partial charge on any atom is 0.390 e. The summed E-state index contributed by atoms with van der Waals surface area (Å²) in [6.45, 7) is 5.80. The lowest BCUT2D eigenvalue weighted by Crippen LogP contribution is -2.35. The molecule has 0 radical (unpaired) electrons. The summed E-state index contributed by atoms with van der Waals surface area (Å²) in [4.78, 5) is 5.02. The number of nitrogens with zero attached hydrogens (tertiary/aromatic N) is 2. The van der Waals surface area contributed by atoms with E-state index in [0.29, 0.717) is 5.56 Å². The van der Waals surface area contributed by atoms with Crippen LogP contribution in [0.15, 0.2) is 12.3 Å². The van der Waals surface area contributed by atoms with Crippen molar-refractivity contribution in [2.75, 3.05) is 18.5 Å². The summed E-state index contributed by atoms with van der Waals surface area (Å²) in [6, 6.07) is 1.52. The Balaban J connectivity index is 2.80. The second kappa shape index (κ2) is 6.60. The van der Waals surface area contributed by atoms with E-state index in [-0.39, 0.29) is 24.4 Å². The van der Waals surface area contributed by atoms with Crippen molar-refractivity contribution in [2.45, 2.75) is 45.5 Å². The van der Waals surface area contributed by atoms with E-state index in [9.17, 15) is 17.6 Å². The normalized spacial score (nSPS) is 12.6. The van der Waals surface area contributed by atoms with Crippen molar-refractivity contribution in [3.05, 3.63) is 23.6 Å². The van der Waals surface area contributed by atoms with Crippen molar-refractivity contribution in [1.29, 1.82) is 0 Å². The van der Waals surface area contributed by atoms with Gasteiger partial charge in [-0.3, -0.25) is 0 Å². The molecule has 0 fully saturated rings. The maximum atomic E-state index is 14.3. The van der Waals surface area contributed by atoms with Crippen LogP contribution in [0.25, 0.3) is 0 Å². The largest absolute Gasteiger partial charge is 0.390 e. The van der Waals surface area contributed by atoms with Crippen molar-refractivity contribution in [1.82, 2.24) is 10.3 Å². The van der Waals surface area contributed by atoms with E-state index in [1.165, 1.54) is 24.2 Å². The van der Waals surface area contributed by atoms with Gasteiger partial charge in [-0.15, -0.1) is 0 Å². The summed E-state index contributed by atoms with van der Waals surface area (Å²) in [7, 11) is 1.40. The third-order valence-corrected chi connectivity index (χ3v) is 2.85. The van der Waals surface area contributed by atoms with E-state index in [1.807, 2.05) is 20.8 Å². The summed E-state index contributed by atoms with van der Waals surface area (Å²) < 4.78 is 50.9. The van der Waals surface area contributed by atoms with Gasteiger partial charge in [0.25, 0.3) is 0 Å². The smallest absolute Gasteiger partial charge is 0.357 e. The molecule has 3 nitrogen and oxygen atoms in total. The zero-order valence-electron chi connectivity index (χ0n) is 12.7. The van der Waals surface area contributed by atoms with Crippen LogP contribution in [0.4, 0.5) is 23.4 Å². The molecule has 1 heterocycles. The molecular formula is C14H21F4N3. The van der Waals surface area contributed by atoms with Gasteiger partial charge in [0, 0.05) is 37.4 Å². The fraction of sp³-hybridized carbons (Fsp3) is 0.643. The van der Waals surface area contributed by atoms with Gasteiger partial charge in [-0.1, -0.05) is 0 Å². The van der Waals surface area contributed by atoms with Crippen molar-refractivity contribution in [3.8, 4) is 0 Å². The molecule has 0 aliphatic rings. The molecule has 0 saturated carbocycles. The standard InChI is InChI=1S/C14H21F4N3/c1-13(2,3)20-9-10-5-7-19-12(11(10)15)21(4)8-6-14(16,17)18/h5,7,20H,6,8-9H2,1-4H3. The van der Waals surface area contributed by atoms with E-state index in [2.05, 4.69) is 10.3 Å². The van der Waals surface area contributed by atoms with E-state index in [1.54, 1.807) is 0 Å². The molecule has 0 aliphatic heterocycles. The molecule has 1 rings (SSSR count). The fourth-order valence-corrected chi connectivity index (χ4v) is 1.63. The van der Waals surface area contributed by atoms with Gasteiger partial charge in [-0.05, 0) is 26.8 Å². The zero-order valence-corrected chi connectivity index (χ0v) is 12.7. The van der Waals surface area contributed by atoms with Gasteiger partial charge in [0.15, 0.2) is 11.6 Å². The van der Waals surface area contributed by atoms with E-state index < -0.39 is 18.4 Å². The first kappa shape index (κ1) is 17.7. The topological polar surface area (TPSA) is 28.2 Å². The molecule has 0 aliphatic carbocycles. The lowest BCUT2D eigenvalue weighted by atomic mass is 10.1. The average Bonchev–Trinajstić information content (AvgIpc) is 2.33. The minimum atomic E-state index is -4.27. The molecule has 0 bridgehead atoms. The number of aromatic nitrogens is 1. The molecule has 1 N–H and O–H groups in total. The lowest BCUT2D eigenvalue weighted by Gasteiger charge is -2.23. The summed E-state index contributed by atoms with van der Waals surface area (Å²) in [6.07, 6.45) is -3.87. The molecule has 120 valence electrons. The highest BCUT2D eigenvalue weighted by Gasteiger charge is 2.28. The number of rotatable bonds is 5. The highest BCUT2D eigenvalue weighted by atomic mass is 19.4. The summed E-state index contributed by atoms with van der Waals surface area (Å²) in [5.41, 5.74) is 0.201. The van der Waals surface area contributed by atoms with Crippen LogP contribution >= 0.6 is 0 Å². The predicted molar refractivity (Wildman–Crippen MR) is 74.7 cm³/mol. The molecule has 1 aromatic heterocycles. The van der Waals surface area contributed by atoms with E-state index in [4.69, 9.17) is 0 Å². The number of nitrogens with one attached hydrogen (secondary N) is 1. The van der Waals surface area contributed by atoms with E-state index in [0.717, 1.165) is 0 Å². The number of hydrogen-bond donors (Lipinski definition) is 1. The van der Waals surface area contributed by atoms with Crippen molar-refractivity contribution in [3.63, 3.8) is 0 Å². The Bertz CT molecular complexity index is 466. The minimum absolute atomic E-state index is 0.0625. The molecule has 1 aromatic rings. The molecule has 0 amide bonds. The highest BCUT2D eigenvalue weighted by molar-refractivity contribution is 5.42. The first-order valence-corrected chi connectivity index (χ1v) is 6.66. The van der Waals surface area contributed by atoms with Crippen LogP contribution < -0.4 is 10.2 Å². The zero-order chi connectivity index (χ0) is 16.3. The minimum Gasteiger partial charge on any atom is -0.357 e.